The quantitative estimate of drug-likeness (QED) is 0.605. The standard InChI is InChI=1S/C11H19ClN4O2/c1-7-8(11(12)16(2)15-7)5-9(14-13)10-6-17-3-4-18-10/h9-10,14H,3-6,13H2,1-2H3. The Bertz CT molecular complexity index is 404. The smallest absolute Gasteiger partial charge is 0.130 e. The van der Waals surface area contributed by atoms with E-state index in [1.54, 1.807) is 4.68 Å². The molecule has 0 saturated carbocycles. The van der Waals surface area contributed by atoms with Gasteiger partial charge in [-0.1, -0.05) is 11.6 Å². The third kappa shape index (κ3) is 2.84. The van der Waals surface area contributed by atoms with Gasteiger partial charge >= 0.3 is 0 Å². The fourth-order valence-corrected chi connectivity index (χ4v) is 2.41. The average Bonchev–Trinajstić information content (AvgIpc) is 2.62. The molecule has 0 bridgehead atoms. The molecule has 1 aliphatic heterocycles. The maximum absolute atomic E-state index is 6.21. The van der Waals surface area contributed by atoms with Crippen molar-refractivity contribution in [2.75, 3.05) is 19.8 Å². The van der Waals surface area contributed by atoms with E-state index in [-0.39, 0.29) is 12.1 Å². The van der Waals surface area contributed by atoms with Crippen molar-refractivity contribution in [1.82, 2.24) is 15.2 Å². The van der Waals surface area contributed by atoms with Crippen molar-refractivity contribution < 1.29 is 9.47 Å². The van der Waals surface area contributed by atoms with Gasteiger partial charge in [0, 0.05) is 12.6 Å². The lowest BCUT2D eigenvalue weighted by atomic mass is 10.0. The molecule has 0 radical (unpaired) electrons. The summed E-state index contributed by atoms with van der Waals surface area (Å²) < 4.78 is 12.7. The Morgan fingerprint density at radius 2 is 2.39 bits per heavy atom. The van der Waals surface area contributed by atoms with Crippen LogP contribution < -0.4 is 11.3 Å². The topological polar surface area (TPSA) is 74.3 Å². The minimum absolute atomic E-state index is 0.0364. The van der Waals surface area contributed by atoms with Crippen molar-refractivity contribution in [3.05, 3.63) is 16.4 Å². The third-order valence-electron chi connectivity index (χ3n) is 3.20. The van der Waals surface area contributed by atoms with Crippen molar-refractivity contribution in [1.29, 1.82) is 0 Å². The van der Waals surface area contributed by atoms with Gasteiger partial charge in [0.1, 0.15) is 5.15 Å². The molecular formula is C11H19ClN4O2. The minimum atomic E-state index is -0.0561. The molecule has 1 fully saturated rings. The molecule has 2 heterocycles. The Labute approximate surface area is 111 Å². The Balaban J connectivity index is 2.09. The van der Waals surface area contributed by atoms with Crippen LogP contribution in [0.2, 0.25) is 5.15 Å². The van der Waals surface area contributed by atoms with E-state index in [0.29, 0.717) is 31.4 Å². The van der Waals surface area contributed by atoms with Gasteiger partial charge in [-0.05, 0) is 13.3 Å². The van der Waals surface area contributed by atoms with E-state index in [2.05, 4.69) is 10.5 Å². The van der Waals surface area contributed by atoms with E-state index in [4.69, 9.17) is 26.9 Å². The molecule has 0 spiro atoms. The molecule has 102 valence electrons. The highest BCUT2D eigenvalue weighted by molar-refractivity contribution is 6.30. The zero-order valence-corrected chi connectivity index (χ0v) is 11.4. The van der Waals surface area contributed by atoms with Crippen LogP contribution in [0.25, 0.3) is 0 Å². The monoisotopic (exact) mass is 274 g/mol. The minimum Gasteiger partial charge on any atom is -0.376 e. The van der Waals surface area contributed by atoms with Crippen molar-refractivity contribution in [2.45, 2.75) is 25.5 Å². The van der Waals surface area contributed by atoms with Gasteiger partial charge in [0.05, 0.1) is 37.7 Å². The van der Waals surface area contributed by atoms with E-state index in [1.165, 1.54) is 0 Å². The second kappa shape index (κ2) is 5.99. The third-order valence-corrected chi connectivity index (χ3v) is 3.67. The van der Waals surface area contributed by atoms with Crippen LogP contribution in [-0.2, 0) is 22.9 Å². The van der Waals surface area contributed by atoms with Crippen LogP contribution in [0.15, 0.2) is 0 Å². The van der Waals surface area contributed by atoms with E-state index < -0.39 is 0 Å². The molecule has 0 aromatic carbocycles. The summed E-state index contributed by atoms with van der Waals surface area (Å²) in [5, 5.41) is 4.93. The molecule has 1 aliphatic rings. The van der Waals surface area contributed by atoms with E-state index in [1.807, 2.05) is 14.0 Å². The number of nitrogens with zero attached hydrogens (tertiary/aromatic N) is 2. The van der Waals surface area contributed by atoms with Crippen LogP contribution in [0.5, 0.6) is 0 Å². The molecule has 1 saturated heterocycles. The molecule has 2 rings (SSSR count). The lowest BCUT2D eigenvalue weighted by Crippen LogP contribution is -2.50. The summed E-state index contributed by atoms with van der Waals surface area (Å²) in [5.41, 5.74) is 4.70. The number of halogens is 1. The molecule has 2 unspecified atom stereocenters. The predicted molar refractivity (Wildman–Crippen MR) is 68.3 cm³/mol. The Hall–Kier alpha value is -0.660. The number of hydrogen-bond acceptors (Lipinski definition) is 5. The SMILES string of the molecule is Cc1nn(C)c(Cl)c1CC(NN)C1COCCO1. The Morgan fingerprint density at radius 1 is 1.61 bits per heavy atom. The first-order valence-corrected chi connectivity index (χ1v) is 6.34. The fraction of sp³-hybridized carbons (Fsp3) is 0.727. The number of aromatic nitrogens is 2. The summed E-state index contributed by atoms with van der Waals surface area (Å²) in [6.07, 6.45) is 0.614. The van der Waals surface area contributed by atoms with Crippen LogP contribution in [-0.4, -0.2) is 41.7 Å². The van der Waals surface area contributed by atoms with Gasteiger partial charge in [0.2, 0.25) is 0 Å². The summed E-state index contributed by atoms with van der Waals surface area (Å²) in [4.78, 5) is 0. The normalized spacial score (nSPS) is 22.1. The zero-order valence-electron chi connectivity index (χ0n) is 10.6. The van der Waals surface area contributed by atoms with E-state index >= 15 is 0 Å². The van der Waals surface area contributed by atoms with Gasteiger partial charge in [-0.3, -0.25) is 16.0 Å². The molecule has 0 amide bonds. The first-order valence-electron chi connectivity index (χ1n) is 5.97. The highest BCUT2D eigenvalue weighted by atomic mass is 35.5. The molecule has 6 nitrogen and oxygen atoms in total. The lowest BCUT2D eigenvalue weighted by Gasteiger charge is -2.30. The van der Waals surface area contributed by atoms with Crippen LogP contribution in [0, 0.1) is 6.92 Å². The summed E-state index contributed by atoms with van der Waals surface area (Å²) in [6, 6.07) is -0.0364. The number of ether oxygens (including phenoxy) is 2. The highest BCUT2D eigenvalue weighted by Gasteiger charge is 2.26. The maximum atomic E-state index is 6.21. The molecule has 0 aliphatic carbocycles. The fourth-order valence-electron chi connectivity index (χ4n) is 2.16. The van der Waals surface area contributed by atoms with Gasteiger partial charge < -0.3 is 9.47 Å². The molecule has 7 heteroatoms. The van der Waals surface area contributed by atoms with Crippen molar-refractivity contribution in [2.24, 2.45) is 12.9 Å². The summed E-state index contributed by atoms with van der Waals surface area (Å²) in [5.74, 6) is 5.60. The summed E-state index contributed by atoms with van der Waals surface area (Å²) in [7, 11) is 1.82. The molecular weight excluding hydrogens is 256 g/mol. The number of hydrogen-bond donors (Lipinski definition) is 2. The Morgan fingerprint density at radius 3 is 2.89 bits per heavy atom. The first kappa shape index (κ1) is 13.8. The van der Waals surface area contributed by atoms with Crippen molar-refractivity contribution in [3.63, 3.8) is 0 Å². The van der Waals surface area contributed by atoms with Gasteiger partial charge in [0.25, 0.3) is 0 Å². The predicted octanol–water partition coefficient (Wildman–Crippen LogP) is 0.172. The zero-order chi connectivity index (χ0) is 13.1. The maximum Gasteiger partial charge on any atom is 0.130 e. The number of nitrogens with one attached hydrogen (secondary N) is 1. The van der Waals surface area contributed by atoms with Crippen LogP contribution >= 0.6 is 11.6 Å². The van der Waals surface area contributed by atoms with Crippen LogP contribution in [0.4, 0.5) is 0 Å². The van der Waals surface area contributed by atoms with Crippen LogP contribution in [0.1, 0.15) is 11.3 Å². The molecule has 1 aromatic heterocycles. The number of nitrogens with two attached hydrogens (primary N) is 1. The van der Waals surface area contributed by atoms with E-state index in [9.17, 15) is 0 Å². The van der Waals surface area contributed by atoms with Crippen LogP contribution in [0.3, 0.4) is 0 Å². The lowest BCUT2D eigenvalue weighted by molar-refractivity contribution is -0.101. The number of hydrazine groups is 1. The second-order valence-corrected chi connectivity index (χ2v) is 4.80. The van der Waals surface area contributed by atoms with E-state index in [0.717, 1.165) is 11.3 Å². The van der Waals surface area contributed by atoms with Gasteiger partial charge in [-0.15, -0.1) is 0 Å². The largest absolute Gasteiger partial charge is 0.376 e. The molecule has 1 aromatic rings. The second-order valence-electron chi connectivity index (χ2n) is 4.44. The Kier molecular flexibility index (Phi) is 4.58. The summed E-state index contributed by atoms with van der Waals surface area (Å²) in [6.45, 7) is 3.72. The molecule has 3 N–H and O–H groups in total. The highest BCUT2D eigenvalue weighted by Crippen LogP contribution is 2.22. The van der Waals surface area contributed by atoms with Gasteiger partial charge in [0.15, 0.2) is 0 Å². The van der Waals surface area contributed by atoms with Gasteiger partial charge in [-0.2, -0.15) is 5.10 Å². The number of aryl methyl sites for hydroxylation is 2. The van der Waals surface area contributed by atoms with Crippen molar-refractivity contribution in [3.8, 4) is 0 Å². The average molecular weight is 275 g/mol. The van der Waals surface area contributed by atoms with Gasteiger partial charge in [-0.25, -0.2) is 0 Å². The number of rotatable bonds is 4. The summed E-state index contributed by atoms with van der Waals surface area (Å²) >= 11 is 6.21. The molecule has 2 atom stereocenters. The molecule has 18 heavy (non-hydrogen) atoms. The first-order chi connectivity index (χ1) is 8.63. The van der Waals surface area contributed by atoms with Crippen molar-refractivity contribution >= 4 is 11.6 Å².